The first-order chi connectivity index (χ1) is 11.6. The first-order valence-corrected chi connectivity index (χ1v) is 6.92. The van der Waals surface area contributed by atoms with Gasteiger partial charge in [0, 0.05) is 0 Å². The summed E-state index contributed by atoms with van der Waals surface area (Å²) in [6.07, 6.45) is -1.32. The topological polar surface area (TPSA) is 237 Å². The Hall–Kier alpha value is -3.22. The van der Waals surface area contributed by atoms with E-state index in [4.69, 9.17) is 22.3 Å². The van der Waals surface area contributed by atoms with Gasteiger partial charge < -0.3 is 38.3 Å². The molecule has 0 rings (SSSR count). The molecule has 140 valence electrons. The number of rotatable bonds is 11. The van der Waals surface area contributed by atoms with Gasteiger partial charge in [0.25, 0.3) is 0 Å². The number of aliphatic carboxylic acids is 1. The zero-order valence-corrected chi connectivity index (χ0v) is 13.1. The molecule has 0 aliphatic carbocycles. The van der Waals surface area contributed by atoms with E-state index in [0.29, 0.717) is 0 Å². The van der Waals surface area contributed by atoms with Gasteiger partial charge in [0.05, 0.1) is 25.9 Å². The van der Waals surface area contributed by atoms with Gasteiger partial charge in [-0.2, -0.15) is 0 Å². The molecule has 0 aromatic carbocycles. The van der Waals surface area contributed by atoms with Crippen molar-refractivity contribution in [3.63, 3.8) is 0 Å². The zero-order valence-electron chi connectivity index (χ0n) is 13.1. The SMILES string of the molecule is NCC(=O)NCC(=O)N[C@@H](CC(N)=O)C(=O)N[C@@H](CC(N)=O)C(=O)O. The highest BCUT2D eigenvalue weighted by Gasteiger charge is 2.28. The highest BCUT2D eigenvalue weighted by molar-refractivity contribution is 5.95. The van der Waals surface area contributed by atoms with E-state index in [1.165, 1.54) is 0 Å². The number of primary amides is 2. The van der Waals surface area contributed by atoms with Crippen LogP contribution in [0, 0.1) is 0 Å². The summed E-state index contributed by atoms with van der Waals surface area (Å²) < 4.78 is 0. The van der Waals surface area contributed by atoms with Gasteiger partial charge in [-0.15, -0.1) is 0 Å². The Morgan fingerprint density at radius 2 is 1.36 bits per heavy atom. The lowest BCUT2D eigenvalue weighted by Gasteiger charge is -2.20. The van der Waals surface area contributed by atoms with Gasteiger partial charge >= 0.3 is 5.97 Å². The summed E-state index contributed by atoms with van der Waals surface area (Å²) in [5.74, 6) is -6.00. The molecule has 0 unspecified atom stereocenters. The molecule has 0 fully saturated rings. The molecule has 0 bridgehead atoms. The van der Waals surface area contributed by atoms with E-state index >= 15 is 0 Å². The molecular formula is C12H20N6O7. The summed E-state index contributed by atoms with van der Waals surface area (Å²) in [5.41, 5.74) is 14.9. The van der Waals surface area contributed by atoms with Crippen molar-refractivity contribution in [2.75, 3.05) is 13.1 Å². The van der Waals surface area contributed by atoms with Crippen molar-refractivity contribution in [3.8, 4) is 0 Å². The number of carboxylic acids is 1. The number of nitrogens with one attached hydrogen (secondary N) is 3. The van der Waals surface area contributed by atoms with Crippen molar-refractivity contribution in [3.05, 3.63) is 0 Å². The predicted octanol–water partition coefficient (Wildman–Crippen LogP) is -5.13. The highest BCUT2D eigenvalue weighted by Crippen LogP contribution is 1.97. The van der Waals surface area contributed by atoms with Crippen LogP contribution < -0.4 is 33.2 Å². The van der Waals surface area contributed by atoms with E-state index in [9.17, 15) is 28.8 Å². The van der Waals surface area contributed by atoms with Crippen molar-refractivity contribution in [2.45, 2.75) is 24.9 Å². The number of carbonyl (C=O) groups is 6. The van der Waals surface area contributed by atoms with E-state index in [1.807, 2.05) is 5.32 Å². The zero-order chi connectivity index (χ0) is 19.6. The van der Waals surface area contributed by atoms with E-state index < -0.39 is 67.0 Å². The Bertz CT molecular complexity index is 564. The standard InChI is InChI=1S/C12H20N6O7/c13-3-9(21)16-4-10(22)17-5(1-7(14)19)11(23)18-6(12(24)25)2-8(15)20/h5-6H,1-4,13H2,(H2,14,19)(H2,15,20)(H,16,21)(H,17,22)(H,18,23)(H,24,25)/t5-,6-/m0/s1. The third-order valence-electron chi connectivity index (χ3n) is 2.71. The lowest BCUT2D eigenvalue weighted by molar-refractivity contribution is -0.143. The van der Waals surface area contributed by atoms with Gasteiger partial charge in [-0.05, 0) is 0 Å². The Balaban J connectivity index is 4.93. The van der Waals surface area contributed by atoms with E-state index in [0.717, 1.165) is 0 Å². The molecule has 25 heavy (non-hydrogen) atoms. The molecule has 0 aromatic rings. The second-order valence-electron chi connectivity index (χ2n) is 4.84. The minimum absolute atomic E-state index is 0.355. The normalized spacial score (nSPS) is 12.4. The molecule has 0 heterocycles. The summed E-state index contributed by atoms with van der Waals surface area (Å²) in [4.78, 5) is 67.5. The van der Waals surface area contributed by atoms with Crippen LogP contribution in [0.3, 0.4) is 0 Å². The van der Waals surface area contributed by atoms with Crippen molar-refractivity contribution < 1.29 is 33.9 Å². The molecule has 2 atom stereocenters. The molecule has 0 spiro atoms. The Morgan fingerprint density at radius 1 is 0.840 bits per heavy atom. The van der Waals surface area contributed by atoms with E-state index in [-0.39, 0.29) is 6.54 Å². The lowest BCUT2D eigenvalue weighted by atomic mass is 10.1. The van der Waals surface area contributed by atoms with Crippen LogP contribution in [0.5, 0.6) is 0 Å². The van der Waals surface area contributed by atoms with Gasteiger partial charge in [0.2, 0.25) is 29.5 Å². The molecular weight excluding hydrogens is 340 g/mol. The van der Waals surface area contributed by atoms with Crippen LogP contribution in [-0.4, -0.2) is 65.8 Å². The van der Waals surface area contributed by atoms with Gasteiger partial charge in [0.1, 0.15) is 12.1 Å². The maximum absolute atomic E-state index is 12.0. The number of amides is 5. The van der Waals surface area contributed by atoms with Crippen LogP contribution in [0.4, 0.5) is 0 Å². The maximum atomic E-state index is 12.0. The summed E-state index contributed by atoms with van der Waals surface area (Å²) >= 11 is 0. The van der Waals surface area contributed by atoms with Crippen LogP contribution in [-0.2, 0) is 28.8 Å². The number of carbonyl (C=O) groups excluding carboxylic acids is 5. The van der Waals surface area contributed by atoms with Gasteiger partial charge in [-0.3, -0.25) is 24.0 Å². The van der Waals surface area contributed by atoms with E-state index in [1.54, 1.807) is 0 Å². The quantitative estimate of drug-likeness (QED) is 0.187. The Labute approximate surface area is 141 Å². The number of hydrogen-bond donors (Lipinski definition) is 7. The molecule has 5 amide bonds. The molecule has 13 nitrogen and oxygen atoms in total. The van der Waals surface area contributed by atoms with Gasteiger partial charge in [-0.1, -0.05) is 0 Å². The number of carboxylic acid groups (broad SMARTS) is 1. The average Bonchev–Trinajstić information content (AvgIpc) is 2.50. The summed E-state index contributed by atoms with van der Waals surface area (Å²) in [6, 6.07) is -3.15. The van der Waals surface area contributed by atoms with E-state index in [2.05, 4.69) is 10.6 Å². The van der Waals surface area contributed by atoms with Crippen molar-refractivity contribution in [1.82, 2.24) is 16.0 Å². The Morgan fingerprint density at radius 3 is 1.80 bits per heavy atom. The lowest BCUT2D eigenvalue weighted by Crippen LogP contribution is -2.54. The molecule has 10 N–H and O–H groups in total. The van der Waals surface area contributed by atoms with Crippen LogP contribution in [0.25, 0.3) is 0 Å². The molecule has 13 heteroatoms. The largest absolute Gasteiger partial charge is 0.480 e. The van der Waals surface area contributed by atoms with Crippen LogP contribution in [0.15, 0.2) is 0 Å². The first-order valence-electron chi connectivity index (χ1n) is 6.92. The fraction of sp³-hybridized carbons (Fsp3) is 0.500. The van der Waals surface area contributed by atoms with Crippen molar-refractivity contribution >= 4 is 35.5 Å². The Kier molecular flexibility index (Phi) is 9.18. The van der Waals surface area contributed by atoms with Crippen LogP contribution >= 0.6 is 0 Å². The van der Waals surface area contributed by atoms with Crippen LogP contribution in [0.2, 0.25) is 0 Å². The third kappa shape index (κ3) is 9.50. The second-order valence-corrected chi connectivity index (χ2v) is 4.84. The van der Waals surface area contributed by atoms with Crippen LogP contribution in [0.1, 0.15) is 12.8 Å². The number of hydrogen-bond acceptors (Lipinski definition) is 7. The minimum atomic E-state index is -1.64. The predicted molar refractivity (Wildman–Crippen MR) is 81.2 cm³/mol. The molecule has 0 aliphatic rings. The minimum Gasteiger partial charge on any atom is -0.480 e. The molecule has 0 aliphatic heterocycles. The fourth-order valence-electron chi connectivity index (χ4n) is 1.58. The third-order valence-corrected chi connectivity index (χ3v) is 2.71. The highest BCUT2D eigenvalue weighted by atomic mass is 16.4. The smallest absolute Gasteiger partial charge is 0.326 e. The summed E-state index contributed by atoms with van der Waals surface area (Å²) in [6.45, 7) is -0.881. The molecule has 0 saturated carbocycles. The average molecular weight is 360 g/mol. The summed E-state index contributed by atoms with van der Waals surface area (Å²) in [7, 11) is 0. The maximum Gasteiger partial charge on any atom is 0.326 e. The monoisotopic (exact) mass is 360 g/mol. The molecule has 0 radical (unpaired) electrons. The fourth-order valence-corrected chi connectivity index (χ4v) is 1.58. The van der Waals surface area contributed by atoms with Crippen molar-refractivity contribution in [2.24, 2.45) is 17.2 Å². The van der Waals surface area contributed by atoms with Gasteiger partial charge in [0.15, 0.2) is 0 Å². The first kappa shape index (κ1) is 21.8. The second kappa shape index (κ2) is 10.5. The van der Waals surface area contributed by atoms with Gasteiger partial charge in [-0.25, -0.2) is 4.79 Å². The number of nitrogens with two attached hydrogens (primary N) is 3. The van der Waals surface area contributed by atoms with Crippen molar-refractivity contribution in [1.29, 1.82) is 0 Å². The molecule has 0 saturated heterocycles. The summed E-state index contributed by atoms with van der Waals surface area (Å²) in [5, 5.41) is 15.1. The molecule has 0 aromatic heterocycles.